The summed E-state index contributed by atoms with van der Waals surface area (Å²) in [6.07, 6.45) is 10.5. The summed E-state index contributed by atoms with van der Waals surface area (Å²) in [4.78, 5) is 25.8. The Morgan fingerprint density at radius 1 is 1.13 bits per heavy atom. The normalized spacial score (nSPS) is 23.1. The van der Waals surface area contributed by atoms with Gasteiger partial charge in [-0.25, -0.2) is 9.97 Å². The molecule has 1 atom stereocenters. The lowest BCUT2D eigenvalue weighted by molar-refractivity contribution is 0.0691. The first-order chi connectivity index (χ1) is 11.2. The molecule has 0 N–H and O–H groups in total. The van der Waals surface area contributed by atoms with Crippen molar-refractivity contribution in [2.75, 3.05) is 24.5 Å². The van der Waals surface area contributed by atoms with Gasteiger partial charge in [0.25, 0.3) is 5.91 Å². The Hall–Kier alpha value is -1.65. The second-order valence-electron chi connectivity index (χ2n) is 6.99. The first-order valence-corrected chi connectivity index (χ1v) is 9.07. The van der Waals surface area contributed by atoms with Gasteiger partial charge >= 0.3 is 0 Å². The van der Waals surface area contributed by atoms with Gasteiger partial charge in [0.2, 0.25) is 0 Å². The van der Waals surface area contributed by atoms with E-state index in [0.717, 1.165) is 50.6 Å². The number of rotatable bonds is 3. The molecule has 3 heterocycles. The Morgan fingerprint density at radius 3 is 2.57 bits per heavy atom. The maximum absolute atomic E-state index is 12.5. The lowest BCUT2D eigenvalue weighted by Crippen LogP contribution is -2.40. The second kappa shape index (κ2) is 7.28. The van der Waals surface area contributed by atoms with Crippen LogP contribution in [-0.4, -0.2) is 46.5 Å². The fraction of sp³-hybridized carbons (Fsp3) is 0.722. The number of likely N-dealkylation sites (tertiary alicyclic amines) is 1. The van der Waals surface area contributed by atoms with Crippen LogP contribution in [0.2, 0.25) is 0 Å². The predicted molar refractivity (Wildman–Crippen MR) is 91.6 cm³/mol. The van der Waals surface area contributed by atoms with Crippen LogP contribution < -0.4 is 4.90 Å². The standard InChI is InChI=1S/C18H28N4O/c1-3-15-6-4-5-9-22(15)17-13-19-16(12-20-17)18(23)21-10-7-14(2)8-11-21/h12-15H,3-11H2,1-2H3. The topological polar surface area (TPSA) is 49.3 Å². The third-order valence-corrected chi connectivity index (χ3v) is 5.32. The predicted octanol–water partition coefficient (Wildman–Crippen LogP) is 3.12. The van der Waals surface area contributed by atoms with Gasteiger partial charge < -0.3 is 9.80 Å². The highest BCUT2D eigenvalue weighted by molar-refractivity contribution is 5.92. The molecule has 2 aliphatic heterocycles. The van der Waals surface area contributed by atoms with E-state index in [1.54, 1.807) is 12.4 Å². The number of nitrogens with zero attached hydrogens (tertiary/aromatic N) is 4. The van der Waals surface area contributed by atoms with Crippen molar-refractivity contribution >= 4 is 11.7 Å². The SMILES string of the molecule is CCC1CCCCN1c1cnc(C(=O)N2CCC(C)CC2)cn1. The lowest BCUT2D eigenvalue weighted by Gasteiger charge is -2.36. The molecule has 1 aromatic heterocycles. The molecule has 126 valence electrons. The summed E-state index contributed by atoms with van der Waals surface area (Å²) in [5.74, 6) is 1.67. The molecule has 1 unspecified atom stereocenters. The van der Waals surface area contributed by atoms with Gasteiger partial charge in [-0.2, -0.15) is 0 Å². The third-order valence-electron chi connectivity index (χ3n) is 5.32. The summed E-state index contributed by atoms with van der Waals surface area (Å²) in [5, 5.41) is 0. The van der Waals surface area contributed by atoms with E-state index in [0.29, 0.717) is 11.7 Å². The number of anilines is 1. The minimum absolute atomic E-state index is 0.0293. The number of hydrogen-bond donors (Lipinski definition) is 0. The number of carbonyl (C=O) groups is 1. The summed E-state index contributed by atoms with van der Waals surface area (Å²) in [5.41, 5.74) is 0.480. The molecule has 1 amide bonds. The van der Waals surface area contributed by atoms with E-state index in [1.807, 2.05) is 4.90 Å². The Balaban J connectivity index is 1.68. The zero-order valence-corrected chi connectivity index (χ0v) is 14.4. The molecule has 0 bridgehead atoms. The van der Waals surface area contributed by atoms with E-state index < -0.39 is 0 Å². The van der Waals surface area contributed by atoms with Gasteiger partial charge in [0.1, 0.15) is 11.5 Å². The molecule has 0 spiro atoms. The van der Waals surface area contributed by atoms with E-state index in [9.17, 15) is 4.79 Å². The molecule has 2 aliphatic rings. The van der Waals surface area contributed by atoms with Crippen LogP contribution in [0, 0.1) is 5.92 Å². The Bertz CT molecular complexity index is 522. The van der Waals surface area contributed by atoms with Crippen LogP contribution in [0.25, 0.3) is 0 Å². The molecule has 5 heteroatoms. The fourth-order valence-electron chi connectivity index (χ4n) is 3.68. The van der Waals surface area contributed by atoms with Crippen LogP contribution in [-0.2, 0) is 0 Å². The number of aromatic nitrogens is 2. The fourth-order valence-corrected chi connectivity index (χ4v) is 3.68. The monoisotopic (exact) mass is 316 g/mol. The smallest absolute Gasteiger partial charge is 0.274 e. The van der Waals surface area contributed by atoms with Crippen molar-refractivity contribution < 1.29 is 4.79 Å². The van der Waals surface area contributed by atoms with E-state index in [4.69, 9.17) is 0 Å². The van der Waals surface area contributed by atoms with Gasteiger partial charge in [-0.05, 0) is 44.4 Å². The van der Waals surface area contributed by atoms with Gasteiger partial charge in [0.15, 0.2) is 0 Å². The molecule has 2 fully saturated rings. The van der Waals surface area contributed by atoms with Gasteiger partial charge in [-0.3, -0.25) is 4.79 Å². The third kappa shape index (κ3) is 3.65. The second-order valence-corrected chi connectivity index (χ2v) is 6.99. The molecule has 0 aliphatic carbocycles. The minimum Gasteiger partial charge on any atom is -0.352 e. The van der Waals surface area contributed by atoms with Crippen molar-refractivity contribution in [1.29, 1.82) is 0 Å². The van der Waals surface area contributed by atoms with Crippen molar-refractivity contribution in [3.63, 3.8) is 0 Å². The summed E-state index contributed by atoms with van der Waals surface area (Å²) < 4.78 is 0. The number of hydrogen-bond acceptors (Lipinski definition) is 4. The average molecular weight is 316 g/mol. The Morgan fingerprint density at radius 2 is 1.91 bits per heavy atom. The molecule has 0 saturated carbocycles. The van der Waals surface area contributed by atoms with Gasteiger partial charge in [0.05, 0.1) is 12.4 Å². The molecule has 5 nitrogen and oxygen atoms in total. The van der Waals surface area contributed by atoms with Crippen molar-refractivity contribution in [3.8, 4) is 0 Å². The van der Waals surface area contributed by atoms with Crippen LogP contribution in [0.1, 0.15) is 62.9 Å². The van der Waals surface area contributed by atoms with Gasteiger partial charge in [-0.15, -0.1) is 0 Å². The van der Waals surface area contributed by atoms with Crippen molar-refractivity contribution in [2.45, 2.75) is 58.4 Å². The first-order valence-electron chi connectivity index (χ1n) is 9.07. The Labute approximate surface area is 139 Å². The van der Waals surface area contributed by atoms with E-state index in [1.165, 1.54) is 19.3 Å². The summed E-state index contributed by atoms with van der Waals surface area (Å²) in [6.45, 7) is 7.20. The first kappa shape index (κ1) is 16.2. The largest absolute Gasteiger partial charge is 0.352 e. The zero-order chi connectivity index (χ0) is 16.2. The summed E-state index contributed by atoms with van der Waals surface area (Å²) in [6, 6.07) is 0.559. The van der Waals surface area contributed by atoms with E-state index >= 15 is 0 Å². The maximum atomic E-state index is 12.5. The molecular formula is C18H28N4O. The summed E-state index contributed by atoms with van der Waals surface area (Å²) in [7, 11) is 0. The molecular weight excluding hydrogens is 288 g/mol. The van der Waals surface area contributed by atoms with Crippen molar-refractivity contribution in [3.05, 3.63) is 18.1 Å². The molecule has 23 heavy (non-hydrogen) atoms. The highest BCUT2D eigenvalue weighted by atomic mass is 16.2. The molecule has 2 saturated heterocycles. The van der Waals surface area contributed by atoms with Crippen molar-refractivity contribution in [2.24, 2.45) is 5.92 Å². The minimum atomic E-state index is 0.0293. The van der Waals surface area contributed by atoms with E-state index in [-0.39, 0.29) is 5.91 Å². The highest BCUT2D eigenvalue weighted by Crippen LogP contribution is 2.24. The van der Waals surface area contributed by atoms with Crippen LogP contribution >= 0.6 is 0 Å². The Kier molecular flexibility index (Phi) is 5.13. The number of carbonyl (C=O) groups excluding carboxylic acids is 1. The molecule has 0 aromatic carbocycles. The highest BCUT2D eigenvalue weighted by Gasteiger charge is 2.25. The molecule has 3 rings (SSSR count). The lowest BCUT2D eigenvalue weighted by atomic mass is 9.99. The van der Waals surface area contributed by atoms with Crippen LogP contribution in [0.3, 0.4) is 0 Å². The molecule has 1 aromatic rings. The van der Waals surface area contributed by atoms with Crippen LogP contribution in [0.15, 0.2) is 12.4 Å². The van der Waals surface area contributed by atoms with Gasteiger partial charge in [-0.1, -0.05) is 13.8 Å². The average Bonchev–Trinajstić information content (AvgIpc) is 2.62. The van der Waals surface area contributed by atoms with Crippen molar-refractivity contribution in [1.82, 2.24) is 14.9 Å². The zero-order valence-electron chi connectivity index (χ0n) is 14.4. The maximum Gasteiger partial charge on any atom is 0.274 e. The van der Waals surface area contributed by atoms with Crippen LogP contribution in [0.4, 0.5) is 5.82 Å². The van der Waals surface area contributed by atoms with Gasteiger partial charge in [0, 0.05) is 25.7 Å². The number of amides is 1. The molecule has 0 radical (unpaired) electrons. The number of piperidine rings is 2. The van der Waals surface area contributed by atoms with E-state index in [2.05, 4.69) is 28.7 Å². The quantitative estimate of drug-likeness (QED) is 0.859. The summed E-state index contributed by atoms with van der Waals surface area (Å²) >= 11 is 0. The van der Waals surface area contributed by atoms with Crippen LogP contribution in [0.5, 0.6) is 0 Å².